The van der Waals surface area contributed by atoms with E-state index in [-0.39, 0.29) is 11.3 Å². The van der Waals surface area contributed by atoms with Crippen LogP contribution in [0.3, 0.4) is 0 Å². The van der Waals surface area contributed by atoms with Crippen LogP contribution >= 0.6 is 0 Å². The van der Waals surface area contributed by atoms with Crippen LogP contribution in [0.2, 0.25) is 0 Å². The highest BCUT2D eigenvalue weighted by atomic mass is 16.6. The largest absolute Gasteiger partial charge is 0.507 e. The first-order valence-electron chi connectivity index (χ1n) is 6.87. The number of carbonyl (C=O) groups is 1. The molecule has 0 bridgehead atoms. The Morgan fingerprint density at radius 3 is 2.80 bits per heavy atom. The Morgan fingerprint density at radius 1 is 1.50 bits per heavy atom. The summed E-state index contributed by atoms with van der Waals surface area (Å²) >= 11 is 0. The van der Waals surface area contributed by atoms with Gasteiger partial charge in [-0.05, 0) is 24.1 Å². The van der Waals surface area contributed by atoms with Crippen LogP contribution < -0.4 is 0 Å². The second-order valence-electron chi connectivity index (χ2n) is 5.02. The number of phenolic OH excluding ortho intramolecular Hbond substituents is 1. The molecule has 0 radical (unpaired) electrons. The van der Waals surface area contributed by atoms with Gasteiger partial charge in [0.2, 0.25) is 0 Å². The third-order valence-corrected chi connectivity index (χ3v) is 3.83. The van der Waals surface area contributed by atoms with Crippen molar-refractivity contribution in [1.29, 1.82) is 0 Å². The Balaban J connectivity index is 2.20. The van der Waals surface area contributed by atoms with E-state index >= 15 is 0 Å². The Hall–Kier alpha value is -1.81. The van der Waals surface area contributed by atoms with Gasteiger partial charge in [0, 0.05) is 12.8 Å². The Bertz CT molecular complexity index is 501. The van der Waals surface area contributed by atoms with Gasteiger partial charge in [-0.3, -0.25) is 0 Å². The first-order valence-corrected chi connectivity index (χ1v) is 6.87. The molecule has 20 heavy (non-hydrogen) atoms. The summed E-state index contributed by atoms with van der Waals surface area (Å²) in [5.41, 5.74) is 0.473. The fourth-order valence-corrected chi connectivity index (χ4v) is 2.37. The summed E-state index contributed by atoms with van der Waals surface area (Å²) in [4.78, 5) is 12.3. The van der Waals surface area contributed by atoms with E-state index in [9.17, 15) is 9.90 Å². The number of rotatable bonds is 4. The van der Waals surface area contributed by atoms with E-state index in [1.807, 2.05) is 6.92 Å². The summed E-state index contributed by atoms with van der Waals surface area (Å²) in [5, 5.41) is 9.83. The van der Waals surface area contributed by atoms with Gasteiger partial charge in [-0.1, -0.05) is 25.6 Å². The minimum Gasteiger partial charge on any atom is -0.507 e. The van der Waals surface area contributed by atoms with Gasteiger partial charge in [-0.25, -0.2) is 4.79 Å². The number of hydrogen-bond donors (Lipinski definition) is 1. The molecule has 4 heteroatoms. The van der Waals surface area contributed by atoms with Crippen LogP contribution in [-0.2, 0) is 9.47 Å². The van der Waals surface area contributed by atoms with Crippen molar-refractivity contribution in [1.82, 2.24) is 0 Å². The van der Waals surface area contributed by atoms with Crippen LogP contribution in [0.4, 0.5) is 0 Å². The third kappa shape index (κ3) is 3.02. The van der Waals surface area contributed by atoms with Gasteiger partial charge in [0.1, 0.15) is 16.9 Å². The summed E-state index contributed by atoms with van der Waals surface area (Å²) in [5.74, 6) is -0.561. The Labute approximate surface area is 119 Å². The summed E-state index contributed by atoms with van der Waals surface area (Å²) in [6, 6.07) is 4.77. The molecule has 0 unspecified atom stereocenters. The smallest absolute Gasteiger partial charge is 0.342 e. The van der Waals surface area contributed by atoms with Crippen LogP contribution in [0.15, 0.2) is 24.8 Å². The quantitative estimate of drug-likeness (QED) is 0.858. The fraction of sp³-hybridized carbons (Fsp3) is 0.438. The molecule has 0 aromatic heterocycles. The van der Waals surface area contributed by atoms with E-state index in [1.54, 1.807) is 18.2 Å². The maximum absolute atomic E-state index is 12.3. The molecule has 1 aliphatic heterocycles. The maximum atomic E-state index is 12.3. The van der Waals surface area contributed by atoms with Crippen molar-refractivity contribution in [3.05, 3.63) is 35.9 Å². The van der Waals surface area contributed by atoms with Gasteiger partial charge in [-0.15, -0.1) is 0 Å². The minimum absolute atomic E-state index is 0.0705. The van der Waals surface area contributed by atoms with E-state index in [2.05, 4.69) is 6.58 Å². The molecular weight excluding hydrogens is 256 g/mol. The summed E-state index contributed by atoms with van der Waals surface area (Å²) in [6.45, 7) is 6.85. The predicted molar refractivity (Wildman–Crippen MR) is 76.7 cm³/mol. The molecule has 1 aromatic carbocycles. The van der Waals surface area contributed by atoms with Crippen LogP contribution in [0, 0.1) is 0 Å². The molecule has 1 fully saturated rings. The van der Waals surface area contributed by atoms with Crippen molar-refractivity contribution in [2.24, 2.45) is 0 Å². The zero-order valence-electron chi connectivity index (χ0n) is 11.7. The highest BCUT2D eigenvalue weighted by Crippen LogP contribution is 2.31. The molecule has 0 spiro atoms. The van der Waals surface area contributed by atoms with Crippen LogP contribution in [0.25, 0.3) is 6.08 Å². The van der Waals surface area contributed by atoms with Gasteiger partial charge in [0.25, 0.3) is 0 Å². The monoisotopic (exact) mass is 276 g/mol. The van der Waals surface area contributed by atoms with E-state index in [0.29, 0.717) is 26.1 Å². The Morgan fingerprint density at radius 2 is 2.20 bits per heavy atom. The lowest BCUT2D eigenvalue weighted by Gasteiger charge is -2.35. The van der Waals surface area contributed by atoms with Gasteiger partial charge >= 0.3 is 5.97 Å². The average molecular weight is 276 g/mol. The standard InChI is InChI=1S/C16H20O4/c1-3-12-5-6-14(17)13(11-12)15(18)20-16(4-2)7-9-19-10-8-16/h3,5-6,11,17H,1,4,7-10H2,2H3. The zero-order valence-corrected chi connectivity index (χ0v) is 11.7. The number of phenols is 1. The van der Waals surface area contributed by atoms with Gasteiger partial charge in [0.15, 0.2) is 0 Å². The zero-order chi connectivity index (χ0) is 14.6. The number of carbonyl (C=O) groups excluding carboxylic acids is 1. The lowest BCUT2D eigenvalue weighted by molar-refractivity contribution is -0.0811. The first kappa shape index (κ1) is 14.6. The molecular formula is C16H20O4. The maximum Gasteiger partial charge on any atom is 0.342 e. The van der Waals surface area contributed by atoms with E-state index < -0.39 is 11.6 Å². The SMILES string of the molecule is C=Cc1ccc(O)c(C(=O)OC2(CC)CCOCC2)c1. The molecule has 1 saturated heterocycles. The van der Waals surface area contributed by atoms with E-state index in [1.165, 1.54) is 6.07 Å². The normalized spacial score (nSPS) is 17.4. The van der Waals surface area contributed by atoms with Crippen molar-refractivity contribution in [3.63, 3.8) is 0 Å². The second-order valence-corrected chi connectivity index (χ2v) is 5.02. The summed E-state index contributed by atoms with van der Waals surface area (Å²) < 4.78 is 11.0. The molecule has 108 valence electrons. The van der Waals surface area contributed by atoms with Crippen molar-refractivity contribution < 1.29 is 19.4 Å². The summed E-state index contributed by atoms with van der Waals surface area (Å²) in [7, 11) is 0. The van der Waals surface area contributed by atoms with Crippen molar-refractivity contribution in [3.8, 4) is 5.75 Å². The second kappa shape index (κ2) is 6.09. The van der Waals surface area contributed by atoms with Crippen molar-refractivity contribution in [2.45, 2.75) is 31.8 Å². The molecule has 0 amide bonds. The first-order chi connectivity index (χ1) is 9.60. The van der Waals surface area contributed by atoms with Gasteiger partial charge in [0.05, 0.1) is 13.2 Å². The molecule has 2 rings (SSSR count). The average Bonchev–Trinajstić information content (AvgIpc) is 2.48. The molecule has 1 N–H and O–H groups in total. The van der Waals surface area contributed by atoms with Crippen LogP contribution in [-0.4, -0.2) is 29.9 Å². The highest BCUT2D eigenvalue weighted by Gasteiger charge is 2.35. The molecule has 1 aliphatic rings. The fourth-order valence-electron chi connectivity index (χ4n) is 2.37. The highest BCUT2D eigenvalue weighted by molar-refractivity contribution is 5.93. The topological polar surface area (TPSA) is 55.8 Å². The molecule has 0 saturated carbocycles. The Kier molecular flexibility index (Phi) is 4.45. The lowest BCUT2D eigenvalue weighted by Crippen LogP contribution is -2.40. The molecule has 1 aromatic rings. The molecule has 0 atom stereocenters. The lowest BCUT2D eigenvalue weighted by atomic mass is 9.91. The van der Waals surface area contributed by atoms with Gasteiger partial charge in [-0.2, -0.15) is 0 Å². The minimum atomic E-state index is -0.491. The number of hydrogen-bond acceptors (Lipinski definition) is 4. The van der Waals surface area contributed by atoms with Crippen molar-refractivity contribution in [2.75, 3.05) is 13.2 Å². The molecule has 0 aliphatic carbocycles. The molecule has 1 heterocycles. The number of benzene rings is 1. The number of esters is 1. The third-order valence-electron chi connectivity index (χ3n) is 3.83. The van der Waals surface area contributed by atoms with Gasteiger partial charge < -0.3 is 14.6 Å². The van der Waals surface area contributed by atoms with Crippen LogP contribution in [0.5, 0.6) is 5.75 Å². The molecule has 4 nitrogen and oxygen atoms in total. The van der Waals surface area contributed by atoms with Crippen molar-refractivity contribution >= 4 is 12.0 Å². The summed E-state index contributed by atoms with van der Waals surface area (Å²) in [6.07, 6.45) is 3.75. The van der Waals surface area contributed by atoms with E-state index in [4.69, 9.17) is 9.47 Å². The van der Waals surface area contributed by atoms with E-state index in [0.717, 1.165) is 12.0 Å². The van der Waals surface area contributed by atoms with Crippen LogP contribution in [0.1, 0.15) is 42.1 Å². The predicted octanol–water partition coefficient (Wildman–Crippen LogP) is 3.15. The number of aromatic hydroxyl groups is 1. The number of ether oxygens (including phenoxy) is 2.